The molecule has 7 heteroatoms. The molecule has 0 saturated heterocycles. The van der Waals surface area contributed by atoms with Crippen LogP contribution in [0.25, 0.3) is 16.8 Å². The van der Waals surface area contributed by atoms with Crippen molar-refractivity contribution in [2.75, 3.05) is 5.73 Å². The van der Waals surface area contributed by atoms with E-state index in [1.165, 1.54) is 35.1 Å². The maximum absolute atomic E-state index is 13.0. The van der Waals surface area contributed by atoms with Gasteiger partial charge in [-0.05, 0) is 17.7 Å². The van der Waals surface area contributed by atoms with Crippen LogP contribution in [0, 0.1) is 0 Å². The molecule has 2 N–H and O–H groups in total. The molecule has 0 radical (unpaired) electrons. The summed E-state index contributed by atoms with van der Waals surface area (Å²) in [6.45, 7) is 0. The van der Waals surface area contributed by atoms with Gasteiger partial charge < -0.3 is 5.73 Å². The van der Waals surface area contributed by atoms with Gasteiger partial charge in [-0.2, -0.15) is 22.8 Å². The second-order valence-corrected chi connectivity index (χ2v) is 4.21. The van der Waals surface area contributed by atoms with Crippen LogP contribution in [-0.2, 0) is 6.18 Å². The van der Waals surface area contributed by atoms with Gasteiger partial charge in [0.25, 0.3) is 0 Å². The molecule has 0 spiro atoms. The van der Waals surface area contributed by atoms with E-state index in [0.29, 0.717) is 17.0 Å². The summed E-state index contributed by atoms with van der Waals surface area (Å²) in [5, 5.41) is 3.98. The minimum absolute atomic E-state index is 0.0353. The molecule has 0 saturated carbocycles. The molecule has 0 amide bonds. The third kappa shape index (κ3) is 1.87. The molecule has 0 aliphatic carbocycles. The Kier molecular flexibility index (Phi) is 2.63. The highest BCUT2D eigenvalue weighted by atomic mass is 19.4. The van der Waals surface area contributed by atoms with Gasteiger partial charge in [0.2, 0.25) is 0 Å². The lowest BCUT2D eigenvalue weighted by Gasteiger charge is -2.11. The number of hydrogen-bond donors (Lipinski definition) is 1. The Hall–Kier alpha value is -2.57. The van der Waals surface area contributed by atoms with E-state index >= 15 is 0 Å². The first-order chi connectivity index (χ1) is 9.48. The van der Waals surface area contributed by atoms with Crippen molar-refractivity contribution in [2.24, 2.45) is 0 Å². The average Bonchev–Trinajstić information content (AvgIpc) is 2.83. The average molecular weight is 278 g/mol. The number of hydrogen-bond acceptors (Lipinski definition) is 3. The Morgan fingerprint density at radius 2 is 1.80 bits per heavy atom. The zero-order chi connectivity index (χ0) is 14.3. The summed E-state index contributed by atoms with van der Waals surface area (Å²) < 4.78 is 40.4. The standard InChI is InChI=1S/C13H9F3N4/c14-13(15,16)10-4-2-1-3-8(10)9-7-19-20-11(17)5-6-18-12(9)20/h1-7H,17H2. The van der Waals surface area contributed by atoms with Crippen molar-refractivity contribution in [3.63, 3.8) is 0 Å². The summed E-state index contributed by atoms with van der Waals surface area (Å²) in [5.74, 6) is 0.311. The summed E-state index contributed by atoms with van der Waals surface area (Å²) in [6.07, 6.45) is -1.67. The van der Waals surface area contributed by atoms with Gasteiger partial charge in [-0.1, -0.05) is 18.2 Å². The van der Waals surface area contributed by atoms with Crippen LogP contribution in [0.15, 0.2) is 42.7 Å². The number of fused-ring (bicyclic) bond motifs is 1. The highest BCUT2D eigenvalue weighted by Crippen LogP contribution is 2.37. The summed E-state index contributed by atoms with van der Waals surface area (Å²) in [4.78, 5) is 4.05. The predicted octanol–water partition coefficient (Wildman–Crippen LogP) is 3.00. The first-order valence-corrected chi connectivity index (χ1v) is 5.73. The molecule has 0 aliphatic rings. The molecule has 1 aromatic carbocycles. The normalized spacial score (nSPS) is 11.9. The third-order valence-corrected chi connectivity index (χ3v) is 2.95. The fourth-order valence-corrected chi connectivity index (χ4v) is 2.07. The molecular formula is C13H9F3N4. The topological polar surface area (TPSA) is 56.2 Å². The molecule has 0 unspecified atom stereocenters. The van der Waals surface area contributed by atoms with Crippen LogP contribution in [0.2, 0.25) is 0 Å². The predicted molar refractivity (Wildman–Crippen MR) is 67.8 cm³/mol. The zero-order valence-corrected chi connectivity index (χ0v) is 10.1. The smallest absolute Gasteiger partial charge is 0.384 e. The van der Waals surface area contributed by atoms with Crippen LogP contribution < -0.4 is 5.73 Å². The van der Waals surface area contributed by atoms with Gasteiger partial charge in [-0.25, -0.2) is 4.98 Å². The van der Waals surface area contributed by atoms with Crippen molar-refractivity contribution in [3.8, 4) is 11.1 Å². The van der Waals surface area contributed by atoms with Crippen LogP contribution >= 0.6 is 0 Å². The number of nitrogens with zero attached hydrogens (tertiary/aromatic N) is 3. The largest absolute Gasteiger partial charge is 0.417 e. The van der Waals surface area contributed by atoms with Crippen LogP contribution in [0.3, 0.4) is 0 Å². The fourth-order valence-electron chi connectivity index (χ4n) is 2.07. The minimum atomic E-state index is -4.44. The van der Waals surface area contributed by atoms with Crippen molar-refractivity contribution in [1.82, 2.24) is 14.6 Å². The van der Waals surface area contributed by atoms with Crippen molar-refractivity contribution >= 4 is 11.5 Å². The highest BCUT2D eigenvalue weighted by Gasteiger charge is 2.34. The molecule has 0 bridgehead atoms. The quantitative estimate of drug-likeness (QED) is 0.744. The van der Waals surface area contributed by atoms with Crippen molar-refractivity contribution < 1.29 is 13.2 Å². The van der Waals surface area contributed by atoms with Crippen molar-refractivity contribution in [1.29, 1.82) is 0 Å². The summed E-state index contributed by atoms with van der Waals surface area (Å²) in [5.41, 5.74) is 5.61. The molecule has 0 fully saturated rings. The van der Waals surface area contributed by atoms with E-state index in [0.717, 1.165) is 6.07 Å². The van der Waals surface area contributed by atoms with E-state index in [9.17, 15) is 13.2 Å². The molecule has 20 heavy (non-hydrogen) atoms. The zero-order valence-electron chi connectivity index (χ0n) is 10.1. The monoisotopic (exact) mass is 278 g/mol. The maximum atomic E-state index is 13.0. The number of nitrogen functional groups attached to an aromatic ring is 1. The van der Waals surface area contributed by atoms with Gasteiger partial charge >= 0.3 is 6.18 Å². The van der Waals surface area contributed by atoms with E-state index in [1.54, 1.807) is 6.07 Å². The lowest BCUT2D eigenvalue weighted by molar-refractivity contribution is -0.137. The molecule has 0 aliphatic heterocycles. The van der Waals surface area contributed by atoms with Gasteiger partial charge in [-0.3, -0.25) is 0 Å². The number of nitrogens with two attached hydrogens (primary N) is 1. The molecule has 3 aromatic rings. The SMILES string of the molecule is Nc1ccnc2c(-c3ccccc3C(F)(F)F)cnn12. The lowest BCUT2D eigenvalue weighted by atomic mass is 10.0. The van der Waals surface area contributed by atoms with Crippen LogP contribution in [0.1, 0.15) is 5.56 Å². The Morgan fingerprint density at radius 3 is 2.55 bits per heavy atom. The third-order valence-electron chi connectivity index (χ3n) is 2.95. The number of rotatable bonds is 1. The molecule has 2 heterocycles. The first-order valence-electron chi connectivity index (χ1n) is 5.73. The van der Waals surface area contributed by atoms with Gasteiger partial charge in [0.1, 0.15) is 5.82 Å². The maximum Gasteiger partial charge on any atom is 0.417 e. The minimum Gasteiger partial charge on any atom is -0.384 e. The van der Waals surface area contributed by atoms with E-state index in [1.807, 2.05) is 0 Å². The fraction of sp³-hybridized carbons (Fsp3) is 0.0769. The number of anilines is 1. The number of alkyl halides is 3. The molecule has 2 aromatic heterocycles. The first kappa shape index (κ1) is 12.5. The van der Waals surface area contributed by atoms with Crippen molar-refractivity contribution in [3.05, 3.63) is 48.3 Å². The molecule has 0 atom stereocenters. The molecule has 3 rings (SSSR count). The molecular weight excluding hydrogens is 269 g/mol. The number of aromatic nitrogens is 3. The Labute approximate surface area is 111 Å². The lowest BCUT2D eigenvalue weighted by Crippen LogP contribution is -2.07. The van der Waals surface area contributed by atoms with Crippen molar-refractivity contribution in [2.45, 2.75) is 6.18 Å². The summed E-state index contributed by atoms with van der Waals surface area (Å²) in [7, 11) is 0. The Morgan fingerprint density at radius 1 is 1.05 bits per heavy atom. The number of halogens is 3. The van der Waals surface area contributed by atoms with E-state index in [4.69, 9.17) is 5.73 Å². The number of benzene rings is 1. The van der Waals surface area contributed by atoms with Crippen LogP contribution in [0.5, 0.6) is 0 Å². The van der Waals surface area contributed by atoms with Gasteiger partial charge in [0.15, 0.2) is 5.65 Å². The van der Waals surface area contributed by atoms with Gasteiger partial charge in [-0.15, -0.1) is 0 Å². The van der Waals surface area contributed by atoms with Crippen LogP contribution in [-0.4, -0.2) is 14.6 Å². The Bertz CT molecular complexity index is 777. The van der Waals surface area contributed by atoms with Gasteiger partial charge in [0, 0.05) is 11.8 Å². The second-order valence-electron chi connectivity index (χ2n) is 4.21. The Balaban J connectivity index is 2.30. The summed E-state index contributed by atoms with van der Waals surface area (Å²) in [6, 6.07) is 6.84. The van der Waals surface area contributed by atoms with Crippen LogP contribution in [0.4, 0.5) is 19.0 Å². The van der Waals surface area contributed by atoms with E-state index < -0.39 is 11.7 Å². The summed E-state index contributed by atoms with van der Waals surface area (Å²) >= 11 is 0. The second kappa shape index (κ2) is 4.22. The van der Waals surface area contributed by atoms with Gasteiger partial charge in [0.05, 0.1) is 11.8 Å². The highest BCUT2D eigenvalue weighted by molar-refractivity contribution is 5.80. The van der Waals surface area contributed by atoms with E-state index in [2.05, 4.69) is 10.1 Å². The van der Waals surface area contributed by atoms with E-state index in [-0.39, 0.29) is 5.56 Å². The molecule has 4 nitrogen and oxygen atoms in total. The molecule has 102 valence electrons.